The molecule has 0 saturated carbocycles. The summed E-state index contributed by atoms with van der Waals surface area (Å²) in [7, 11) is 1.17. The van der Waals surface area contributed by atoms with E-state index in [1.807, 2.05) is 0 Å². The lowest BCUT2D eigenvalue weighted by Crippen LogP contribution is -2.19. The highest BCUT2D eigenvalue weighted by Crippen LogP contribution is 2.31. The van der Waals surface area contributed by atoms with E-state index in [-0.39, 0.29) is 0 Å². The van der Waals surface area contributed by atoms with Crippen molar-refractivity contribution in [3.8, 4) is 0 Å². The first kappa shape index (κ1) is 11.8. The maximum Gasteiger partial charge on any atom is 0.154 e. The first-order chi connectivity index (χ1) is 5.40. The van der Waals surface area contributed by atoms with E-state index in [4.69, 9.17) is 0 Å². The Kier molecular flexibility index (Phi) is 4.66. The molecule has 0 nitrogen and oxygen atoms in total. The average molecular weight is 166 g/mol. The van der Waals surface area contributed by atoms with E-state index >= 15 is 0 Å². The molecule has 0 atom stereocenters. The molecule has 0 aliphatic heterocycles. The zero-order valence-electron chi connectivity index (χ0n) is 9.41. The minimum atomic E-state index is 0.346. The van der Waals surface area contributed by atoms with E-state index in [0.29, 0.717) is 5.41 Å². The molecule has 0 radical (unpaired) electrons. The molecule has 12 heavy (non-hydrogen) atoms. The van der Waals surface area contributed by atoms with E-state index in [1.54, 1.807) is 0 Å². The lowest BCUT2D eigenvalue weighted by Gasteiger charge is -2.27. The van der Waals surface area contributed by atoms with Crippen molar-refractivity contribution in [1.29, 1.82) is 0 Å². The summed E-state index contributed by atoms with van der Waals surface area (Å²) >= 11 is 0. The molecule has 0 aromatic heterocycles. The third-order valence-electron chi connectivity index (χ3n) is 2.49. The minimum Gasteiger partial charge on any atom is -0.108 e. The third-order valence-corrected chi connectivity index (χ3v) is 2.49. The van der Waals surface area contributed by atoms with Gasteiger partial charge in [0.1, 0.15) is 0 Å². The van der Waals surface area contributed by atoms with Crippen LogP contribution in [0.25, 0.3) is 0 Å². The van der Waals surface area contributed by atoms with Crippen molar-refractivity contribution >= 4 is 7.28 Å². The van der Waals surface area contributed by atoms with Gasteiger partial charge in [0.2, 0.25) is 0 Å². The molecule has 0 aromatic carbocycles. The minimum absolute atomic E-state index is 0.346. The molecule has 0 rings (SSSR count). The fourth-order valence-electron chi connectivity index (χ4n) is 1.57. The molecule has 1 heteroatoms. The summed E-state index contributed by atoms with van der Waals surface area (Å²) in [4.78, 5) is 0. The Morgan fingerprint density at radius 2 is 1.92 bits per heavy atom. The molecule has 0 aromatic rings. The van der Waals surface area contributed by atoms with Gasteiger partial charge in [-0.3, -0.25) is 0 Å². The SMILES string of the molecule is C=C(BC(C)C)C(C)(C)CCC. The number of allylic oxidation sites excluding steroid dienone is 1. The van der Waals surface area contributed by atoms with Gasteiger partial charge in [-0.15, -0.1) is 12.1 Å². The van der Waals surface area contributed by atoms with Gasteiger partial charge in [0.05, 0.1) is 0 Å². The van der Waals surface area contributed by atoms with Crippen LogP contribution in [0.3, 0.4) is 0 Å². The van der Waals surface area contributed by atoms with Crippen LogP contribution in [0.15, 0.2) is 12.1 Å². The molecular formula is C11H23B. The van der Waals surface area contributed by atoms with Crippen LogP contribution in [0.1, 0.15) is 47.5 Å². The van der Waals surface area contributed by atoms with Crippen molar-refractivity contribution in [2.45, 2.75) is 53.3 Å². The van der Waals surface area contributed by atoms with Gasteiger partial charge in [0, 0.05) is 0 Å². The van der Waals surface area contributed by atoms with Crippen molar-refractivity contribution in [3.05, 3.63) is 12.1 Å². The second-order valence-corrected chi connectivity index (χ2v) is 4.84. The molecule has 0 bridgehead atoms. The van der Waals surface area contributed by atoms with Crippen LogP contribution in [0.2, 0.25) is 5.82 Å². The van der Waals surface area contributed by atoms with E-state index in [0.717, 1.165) is 5.82 Å². The van der Waals surface area contributed by atoms with Crippen molar-refractivity contribution < 1.29 is 0 Å². The van der Waals surface area contributed by atoms with Crippen molar-refractivity contribution in [1.82, 2.24) is 0 Å². The predicted molar refractivity (Wildman–Crippen MR) is 60.1 cm³/mol. The van der Waals surface area contributed by atoms with Gasteiger partial charge in [0.15, 0.2) is 7.28 Å². The fourth-order valence-corrected chi connectivity index (χ4v) is 1.57. The topological polar surface area (TPSA) is 0 Å². The van der Waals surface area contributed by atoms with Crippen LogP contribution in [-0.4, -0.2) is 7.28 Å². The van der Waals surface area contributed by atoms with Crippen LogP contribution in [-0.2, 0) is 0 Å². The molecule has 70 valence electrons. The quantitative estimate of drug-likeness (QED) is 0.547. The maximum atomic E-state index is 4.19. The van der Waals surface area contributed by atoms with E-state index < -0.39 is 0 Å². The molecule has 0 fully saturated rings. The van der Waals surface area contributed by atoms with Crippen LogP contribution in [0.5, 0.6) is 0 Å². The van der Waals surface area contributed by atoms with Crippen molar-refractivity contribution in [3.63, 3.8) is 0 Å². The lowest BCUT2D eigenvalue weighted by atomic mass is 9.53. The zero-order chi connectivity index (χ0) is 9.78. The van der Waals surface area contributed by atoms with Crippen LogP contribution >= 0.6 is 0 Å². The normalized spacial score (nSPS) is 11.8. The van der Waals surface area contributed by atoms with E-state index in [9.17, 15) is 0 Å². The molecule has 0 aliphatic carbocycles. The highest BCUT2D eigenvalue weighted by molar-refractivity contribution is 6.47. The van der Waals surface area contributed by atoms with E-state index in [2.05, 4.69) is 41.2 Å². The standard InChI is InChI=1S/C11H23B/c1-7-8-11(5,6)10(4)12-9(2)3/h9,12H,4,7-8H2,1-3,5-6H3. The van der Waals surface area contributed by atoms with E-state index in [1.165, 1.54) is 25.6 Å². The summed E-state index contributed by atoms with van der Waals surface area (Å²) in [5.74, 6) is 0.744. The first-order valence-corrected chi connectivity index (χ1v) is 5.08. The van der Waals surface area contributed by atoms with Gasteiger partial charge in [0.25, 0.3) is 0 Å². The number of hydrogen-bond donors (Lipinski definition) is 0. The molecule has 0 unspecified atom stereocenters. The Labute approximate surface area is 78.7 Å². The Hall–Kier alpha value is -0.195. The Bertz CT molecular complexity index is 145. The Morgan fingerprint density at radius 1 is 1.42 bits per heavy atom. The highest BCUT2D eigenvalue weighted by Gasteiger charge is 2.21. The monoisotopic (exact) mass is 166 g/mol. The molecule has 0 aliphatic rings. The molecule has 0 saturated heterocycles. The van der Waals surface area contributed by atoms with Gasteiger partial charge in [-0.1, -0.05) is 46.9 Å². The molecule has 0 amide bonds. The summed E-state index contributed by atoms with van der Waals surface area (Å²) in [5.41, 5.74) is 1.76. The predicted octanol–water partition coefficient (Wildman–Crippen LogP) is 3.59. The van der Waals surface area contributed by atoms with Crippen molar-refractivity contribution in [2.24, 2.45) is 5.41 Å². The summed E-state index contributed by atoms with van der Waals surface area (Å²) in [6, 6.07) is 0. The lowest BCUT2D eigenvalue weighted by molar-refractivity contribution is 0.421. The maximum absolute atomic E-state index is 4.19. The average Bonchev–Trinajstić information content (AvgIpc) is 1.85. The van der Waals surface area contributed by atoms with Gasteiger partial charge in [-0.2, -0.15) is 0 Å². The van der Waals surface area contributed by atoms with Gasteiger partial charge < -0.3 is 0 Å². The molecule has 0 spiro atoms. The zero-order valence-corrected chi connectivity index (χ0v) is 9.41. The third kappa shape index (κ3) is 3.99. The smallest absolute Gasteiger partial charge is 0.108 e. The number of rotatable bonds is 5. The second kappa shape index (κ2) is 4.74. The van der Waals surface area contributed by atoms with Crippen LogP contribution < -0.4 is 0 Å². The summed E-state index contributed by atoms with van der Waals surface area (Å²) < 4.78 is 0. The highest BCUT2D eigenvalue weighted by atomic mass is 14.2. The summed E-state index contributed by atoms with van der Waals surface area (Å²) in [6.45, 7) is 15.6. The first-order valence-electron chi connectivity index (χ1n) is 5.08. The van der Waals surface area contributed by atoms with Crippen LogP contribution in [0, 0.1) is 5.41 Å². The molecule has 0 heterocycles. The van der Waals surface area contributed by atoms with Gasteiger partial charge >= 0.3 is 0 Å². The fraction of sp³-hybridized carbons (Fsp3) is 0.818. The Balaban J connectivity index is 4.06. The Morgan fingerprint density at radius 3 is 2.25 bits per heavy atom. The van der Waals surface area contributed by atoms with Gasteiger partial charge in [-0.05, 0) is 11.8 Å². The molecule has 0 N–H and O–H groups in total. The molecular weight excluding hydrogens is 143 g/mol. The van der Waals surface area contributed by atoms with Crippen molar-refractivity contribution in [2.75, 3.05) is 0 Å². The summed E-state index contributed by atoms with van der Waals surface area (Å²) in [5, 5.41) is 0. The number of hydrogen-bond acceptors (Lipinski definition) is 0. The second-order valence-electron chi connectivity index (χ2n) is 4.84. The van der Waals surface area contributed by atoms with Crippen LogP contribution in [0.4, 0.5) is 0 Å². The van der Waals surface area contributed by atoms with Gasteiger partial charge in [-0.25, -0.2) is 0 Å². The largest absolute Gasteiger partial charge is 0.154 e. The summed E-state index contributed by atoms with van der Waals surface area (Å²) in [6.07, 6.45) is 2.52.